The van der Waals surface area contributed by atoms with E-state index >= 15 is 0 Å². The average molecular weight is 318 g/mol. The van der Waals surface area contributed by atoms with E-state index in [4.69, 9.17) is 4.74 Å². The Kier molecular flexibility index (Phi) is 4.82. The molecule has 0 unspecified atom stereocenters. The second-order valence-electron chi connectivity index (χ2n) is 5.20. The molecule has 1 N–H and O–H groups in total. The van der Waals surface area contributed by atoms with Gasteiger partial charge in [-0.1, -0.05) is 29.5 Å². The van der Waals surface area contributed by atoms with E-state index in [2.05, 4.69) is 10.2 Å². The smallest absolute Gasteiger partial charge is 0.256 e. The molecule has 0 bridgehead atoms. The van der Waals surface area contributed by atoms with E-state index in [1.165, 1.54) is 0 Å². The van der Waals surface area contributed by atoms with Crippen LogP contribution >= 0.6 is 11.3 Å². The van der Waals surface area contributed by atoms with Crippen LogP contribution < -0.4 is 10.1 Å². The van der Waals surface area contributed by atoms with Crippen molar-refractivity contribution in [2.24, 2.45) is 0 Å². The Morgan fingerprint density at radius 3 is 2.86 bits per heavy atom. The van der Waals surface area contributed by atoms with E-state index in [1.54, 1.807) is 6.07 Å². The van der Waals surface area contributed by atoms with Gasteiger partial charge in [0.05, 0.1) is 18.8 Å². The molecule has 2 aromatic rings. The number of rotatable bonds is 4. The number of hydrogen-bond donors (Lipinski definition) is 1. The molecule has 0 spiro atoms. The second kappa shape index (κ2) is 7.00. The molecule has 3 rings (SSSR count). The summed E-state index contributed by atoms with van der Waals surface area (Å²) in [4.78, 5) is 26.5. The van der Waals surface area contributed by atoms with Gasteiger partial charge in [0.15, 0.2) is 0 Å². The van der Waals surface area contributed by atoms with E-state index in [1.807, 2.05) is 24.3 Å². The van der Waals surface area contributed by atoms with Gasteiger partial charge in [-0.15, -0.1) is 0 Å². The van der Waals surface area contributed by atoms with Crippen molar-refractivity contribution in [1.82, 2.24) is 10.2 Å². The van der Waals surface area contributed by atoms with Crippen LogP contribution in [-0.4, -0.2) is 50.2 Å². The van der Waals surface area contributed by atoms with Gasteiger partial charge in [0, 0.05) is 30.9 Å². The molecule has 0 saturated carbocycles. The quantitative estimate of drug-likeness (QED) is 0.924. The van der Waals surface area contributed by atoms with E-state index in [9.17, 15) is 9.59 Å². The van der Waals surface area contributed by atoms with Gasteiger partial charge in [0.2, 0.25) is 4.74 Å². The van der Waals surface area contributed by atoms with Crippen molar-refractivity contribution < 1.29 is 9.53 Å². The average Bonchev–Trinajstić information content (AvgIpc) is 2.55. The number of morpholine rings is 1. The maximum atomic E-state index is 12.2. The number of carbonyl (C=O) groups is 1. The Hall–Kier alpha value is -1.76. The predicted molar refractivity (Wildman–Crippen MR) is 87.7 cm³/mol. The molecule has 6 heteroatoms. The van der Waals surface area contributed by atoms with Gasteiger partial charge in [-0.05, 0) is 17.5 Å². The highest BCUT2D eigenvalue weighted by Crippen LogP contribution is 2.16. The van der Waals surface area contributed by atoms with Gasteiger partial charge < -0.3 is 10.1 Å². The number of carbonyl (C=O) groups excluding carboxylic acids is 1. The number of ether oxygens (including phenoxy) is 1. The molecule has 1 saturated heterocycles. The molecule has 1 aliphatic heterocycles. The first-order chi connectivity index (χ1) is 10.7. The van der Waals surface area contributed by atoms with Crippen molar-refractivity contribution in [3.8, 4) is 0 Å². The minimum absolute atomic E-state index is 0.192. The van der Waals surface area contributed by atoms with Crippen LogP contribution in [-0.2, 0) is 4.74 Å². The number of nitrogens with zero attached hydrogens (tertiary/aromatic N) is 1. The topological polar surface area (TPSA) is 58.6 Å². The van der Waals surface area contributed by atoms with E-state index in [0.717, 1.165) is 54.3 Å². The first-order valence-corrected chi connectivity index (χ1v) is 8.17. The number of hydrogen-bond acceptors (Lipinski definition) is 5. The van der Waals surface area contributed by atoms with E-state index in [0.29, 0.717) is 6.54 Å². The van der Waals surface area contributed by atoms with Gasteiger partial charge >= 0.3 is 0 Å². The molecule has 1 aromatic carbocycles. The molecule has 1 aromatic heterocycles. The van der Waals surface area contributed by atoms with Crippen molar-refractivity contribution in [2.45, 2.75) is 0 Å². The van der Waals surface area contributed by atoms with Gasteiger partial charge in [-0.3, -0.25) is 14.5 Å². The Morgan fingerprint density at radius 2 is 2.05 bits per heavy atom. The van der Waals surface area contributed by atoms with Gasteiger partial charge in [-0.2, -0.15) is 0 Å². The number of amides is 1. The molecule has 0 aliphatic carbocycles. The SMILES string of the molecule is O=C(NCCN1CCOCC1)c1cc2ccccc2sc1=O. The lowest BCUT2D eigenvalue weighted by Gasteiger charge is -2.26. The van der Waals surface area contributed by atoms with Crippen molar-refractivity contribution in [3.05, 3.63) is 45.4 Å². The minimum atomic E-state index is -0.291. The van der Waals surface area contributed by atoms with Crippen LogP contribution in [0.5, 0.6) is 0 Å². The van der Waals surface area contributed by atoms with Crippen LogP contribution in [0.15, 0.2) is 35.1 Å². The molecular weight excluding hydrogens is 300 g/mol. The zero-order valence-electron chi connectivity index (χ0n) is 12.2. The summed E-state index contributed by atoms with van der Waals surface area (Å²) in [5, 5.41) is 3.76. The van der Waals surface area contributed by atoms with E-state index < -0.39 is 0 Å². The fourth-order valence-corrected chi connectivity index (χ4v) is 3.32. The Bertz CT molecular complexity index is 723. The van der Waals surface area contributed by atoms with Crippen molar-refractivity contribution in [1.29, 1.82) is 0 Å². The maximum absolute atomic E-state index is 12.2. The maximum Gasteiger partial charge on any atom is 0.256 e. The lowest BCUT2D eigenvalue weighted by Crippen LogP contribution is -2.41. The van der Waals surface area contributed by atoms with E-state index in [-0.39, 0.29) is 16.2 Å². The summed E-state index contributed by atoms with van der Waals surface area (Å²) in [6.07, 6.45) is 0. The summed E-state index contributed by atoms with van der Waals surface area (Å²) >= 11 is 1.11. The summed E-state index contributed by atoms with van der Waals surface area (Å²) in [6, 6.07) is 9.27. The molecule has 1 aliphatic rings. The van der Waals surface area contributed by atoms with Gasteiger partial charge in [0.1, 0.15) is 0 Å². The zero-order valence-corrected chi connectivity index (χ0v) is 13.0. The lowest BCUT2D eigenvalue weighted by atomic mass is 10.2. The van der Waals surface area contributed by atoms with Gasteiger partial charge in [-0.25, -0.2) is 0 Å². The molecule has 1 amide bonds. The van der Waals surface area contributed by atoms with Crippen LogP contribution in [0.4, 0.5) is 0 Å². The normalized spacial score (nSPS) is 15.8. The third-order valence-corrected chi connectivity index (χ3v) is 4.70. The van der Waals surface area contributed by atoms with Crippen molar-refractivity contribution >= 4 is 27.3 Å². The molecule has 2 heterocycles. The fraction of sp³-hybridized carbons (Fsp3) is 0.375. The molecular formula is C16H18N2O3S. The van der Waals surface area contributed by atoms with Crippen LogP contribution in [0.3, 0.4) is 0 Å². The predicted octanol–water partition coefficient (Wildman–Crippen LogP) is 1.32. The highest BCUT2D eigenvalue weighted by molar-refractivity contribution is 7.16. The third-order valence-electron chi connectivity index (χ3n) is 3.70. The Labute approximate surface area is 132 Å². The second-order valence-corrected chi connectivity index (χ2v) is 6.21. The first kappa shape index (κ1) is 15.1. The van der Waals surface area contributed by atoms with Crippen LogP contribution in [0.25, 0.3) is 10.1 Å². The third kappa shape index (κ3) is 3.52. The van der Waals surface area contributed by atoms with Crippen LogP contribution in [0.2, 0.25) is 0 Å². The fourth-order valence-electron chi connectivity index (χ4n) is 2.47. The molecule has 0 atom stereocenters. The highest BCUT2D eigenvalue weighted by atomic mass is 32.1. The molecule has 0 radical (unpaired) electrons. The number of nitrogens with one attached hydrogen (secondary N) is 1. The molecule has 116 valence electrons. The lowest BCUT2D eigenvalue weighted by molar-refractivity contribution is 0.0383. The Balaban J connectivity index is 1.64. The monoisotopic (exact) mass is 318 g/mol. The minimum Gasteiger partial charge on any atom is -0.379 e. The standard InChI is InChI=1S/C16H18N2O3S/c19-15(17-5-6-18-7-9-21-10-8-18)13-11-12-3-1-2-4-14(12)22-16(13)20/h1-4,11H,5-10H2,(H,17,19). The molecule has 5 nitrogen and oxygen atoms in total. The number of benzene rings is 1. The van der Waals surface area contributed by atoms with Crippen molar-refractivity contribution in [2.75, 3.05) is 39.4 Å². The summed E-state index contributed by atoms with van der Waals surface area (Å²) in [5.74, 6) is -0.291. The summed E-state index contributed by atoms with van der Waals surface area (Å²) < 4.78 is 5.99. The van der Waals surface area contributed by atoms with Gasteiger partial charge in [0.25, 0.3) is 5.91 Å². The first-order valence-electron chi connectivity index (χ1n) is 7.35. The molecule has 22 heavy (non-hydrogen) atoms. The summed E-state index contributed by atoms with van der Waals surface area (Å²) in [6.45, 7) is 4.58. The largest absolute Gasteiger partial charge is 0.379 e. The van der Waals surface area contributed by atoms with Crippen molar-refractivity contribution in [3.63, 3.8) is 0 Å². The highest BCUT2D eigenvalue weighted by Gasteiger charge is 2.13. The summed E-state index contributed by atoms with van der Waals surface area (Å²) in [5.41, 5.74) is 0.227. The Morgan fingerprint density at radius 1 is 1.27 bits per heavy atom. The zero-order chi connectivity index (χ0) is 15.4. The summed E-state index contributed by atoms with van der Waals surface area (Å²) in [7, 11) is 0. The van der Waals surface area contributed by atoms with Crippen LogP contribution in [0.1, 0.15) is 10.4 Å². The molecule has 1 fully saturated rings. The van der Waals surface area contributed by atoms with Crippen LogP contribution in [0, 0.1) is 0 Å². The number of fused-ring (bicyclic) bond motifs is 1.